The highest BCUT2D eigenvalue weighted by Gasteiger charge is 2.21. The predicted octanol–water partition coefficient (Wildman–Crippen LogP) is 4.80. The number of piperazine rings is 1. The van der Waals surface area contributed by atoms with Gasteiger partial charge in [-0.3, -0.25) is 9.62 Å². The SMILES string of the molecule is Cl.Cl.Cl.N#CCCN1CCN(c2cc(C(=O)O)c3cc(NS(=O)(=O)c4ccc(Br)cc4)ccc3n2)CC1. The first-order valence-electron chi connectivity index (χ1n) is 10.6. The fraction of sp³-hybridized carbons (Fsp3) is 0.261. The van der Waals surface area contributed by atoms with Crippen molar-refractivity contribution in [3.8, 4) is 6.07 Å². The summed E-state index contributed by atoms with van der Waals surface area (Å²) in [5.41, 5.74) is 0.767. The molecule has 0 spiro atoms. The van der Waals surface area contributed by atoms with Gasteiger partial charge in [-0.15, -0.1) is 37.2 Å². The van der Waals surface area contributed by atoms with E-state index in [1.807, 2.05) is 4.90 Å². The molecule has 1 aromatic heterocycles. The number of sulfonamides is 1. The second kappa shape index (κ2) is 14.0. The molecule has 1 saturated heterocycles. The first-order valence-corrected chi connectivity index (χ1v) is 12.9. The number of fused-ring (bicyclic) bond motifs is 1. The van der Waals surface area contributed by atoms with Crippen molar-refractivity contribution in [2.75, 3.05) is 42.3 Å². The fourth-order valence-electron chi connectivity index (χ4n) is 3.85. The Hall–Kier alpha value is -2.33. The Morgan fingerprint density at radius 2 is 1.70 bits per heavy atom. The van der Waals surface area contributed by atoms with Gasteiger partial charge in [0.2, 0.25) is 0 Å². The number of nitriles is 1. The van der Waals surface area contributed by atoms with Gasteiger partial charge in [-0.1, -0.05) is 15.9 Å². The van der Waals surface area contributed by atoms with Gasteiger partial charge in [-0.2, -0.15) is 5.26 Å². The van der Waals surface area contributed by atoms with Crippen LogP contribution in [-0.2, 0) is 10.0 Å². The van der Waals surface area contributed by atoms with Crippen LogP contribution < -0.4 is 9.62 Å². The molecule has 0 atom stereocenters. The molecule has 1 fully saturated rings. The highest BCUT2D eigenvalue weighted by Crippen LogP contribution is 2.28. The van der Waals surface area contributed by atoms with Crippen LogP contribution in [0.2, 0.25) is 0 Å². The van der Waals surface area contributed by atoms with E-state index in [0.717, 1.165) is 24.1 Å². The van der Waals surface area contributed by atoms with Gasteiger partial charge >= 0.3 is 5.97 Å². The topological polar surface area (TPSA) is 127 Å². The third kappa shape index (κ3) is 7.83. The van der Waals surface area contributed by atoms with Gasteiger partial charge in [0.1, 0.15) is 5.82 Å². The van der Waals surface area contributed by atoms with E-state index in [-0.39, 0.29) is 53.4 Å². The maximum atomic E-state index is 12.7. The molecule has 14 heteroatoms. The molecule has 0 bridgehead atoms. The van der Waals surface area contributed by atoms with Crippen molar-refractivity contribution in [1.29, 1.82) is 5.26 Å². The Morgan fingerprint density at radius 3 is 2.30 bits per heavy atom. The summed E-state index contributed by atoms with van der Waals surface area (Å²) in [5.74, 6) is -0.553. The van der Waals surface area contributed by atoms with E-state index in [4.69, 9.17) is 5.26 Å². The lowest BCUT2D eigenvalue weighted by atomic mass is 10.1. The molecule has 0 saturated carbocycles. The lowest BCUT2D eigenvalue weighted by Crippen LogP contribution is -2.46. The van der Waals surface area contributed by atoms with Crippen LogP contribution in [0.25, 0.3) is 10.9 Å². The number of benzene rings is 2. The van der Waals surface area contributed by atoms with Crippen molar-refractivity contribution in [2.45, 2.75) is 11.3 Å². The fourth-order valence-corrected chi connectivity index (χ4v) is 5.16. The average Bonchev–Trinajstić information content (AvgIpc) is 2.82. The van der Waals surface area contributed by atoms with Crippen molar-refractivity contribution < 1.29 is 18.3 Å². The van der Waals surface area contributed by atoms with Gasteiger partial charge in [-0.25, -0.2) is 18.2 Å². The zero-order valence-corrected chi connectivity index (χ0v) is 24.2. The van der Waals surface area contributed by atoms with Gasteiger partial charge in [0.25, 0.3) is 10.0 Å². The number of pyridine rings is 1. The molecule has 1 aliphatic rings. The molecule has 2 aromatic carbocycles. The van der Waals surface area contributed by atoms with E-state index >= 15 is 0 Å². The smallest absolute Gasteiger partial charge is 0.336 e. The molecule has 0 amide bonds. The number of anilines is 2. The van der Waals surface area contributed by atoms with Gasteiger partial charge < -0.3 is 10.0 Å². The van der Waals surface area contributed by atoms with Gasteiger partial charge in [0.05, 0.1) is 22.0 Å². The van der Waals surface area contributed by atoms with Gasteiger partial charge in [0, 0.05) is 54.7 Å². The summed E-state index contributed by atoms with van der Waals surface area (Å²) >= 11 is 3.28. The van der Waals surface area contributed by atoms with Crippen LogP contribution in [0.5, 0.6) is 0 Å². The molecule has 1 aliphatic heterocycles. The minimum absolute atomic E-state index is 0. The highest BCUT2D eigenvalue weighted by molar-refractivity contribution is 9.10. The van der Waals surface area contributed by atoms with E-state index in [0.29, 0.717) is 36.2 Å². The summed E-state index contributed by atoms with van der Waals surface area (Å²) in [7, 11) is -3.84. The molecule has 200 valence electrons. The Bertz CT molecular complexity index is 1380. The summed E-state index contributed by atoms with van der Waals surface area (Å²) in [6.45, 7) is 3.60. The Labute approximate surface area is 242 Å². The number of nitrogens with zero attached hydrogens (tertiary/aromatic N) is 4. The molecular weight excluding hydrogens is 629 g/mol. The van der Waals surface area contributed by atoms with Crippen molar-refractivity contribution in [3.63, 3.8) is 0 Å². The summed E-state index contributed by atoms with van der Waals surface area (Å²) in [5, 5.41) is 19.0. The number of aromatic nitrogens is 1. The standard InChI is InChI=1S/C23H22BrN5O4S.3ClH/c24-16-2-5-18(6-3-16)34(32,33)27-17-4-7-21-19(14-17)20(23(30)31)15-22(26-21)29-12-10-28(11-13-29)9-1-8-25;;;/h2-7,14-15,27H,1,9-13H2,(H,30,31);3*1H. The van der Waals surface area contributed by atoms with E-state index < -0.39 is 16.0 Å². The minimum atomic E-state index is -3.84. The van der Waals surface area contributed by atoms with E-state index in [2.05, 4.69) is 36.6 Å². The first kappa shape index (κ1) is 32.7. The predicted molar refractivity (Wildman–Crippen MR) is 154 cm³/mol. The lowest BCUT2D eigenvalue weighted by Gasteiger charge is -2.35. The number of hydrogen-bond acceptors (Lipinski definition) is 7. The zero-order chi connectivity index (χ0) is 24.3. The summed E-state index contributed by atoms with van der Waals surface area (Å²) in [4.78, 5) is 21.0. The monoisotopic (exact) mass is 651 g/mol. The van der Waals surface area contributed by atoms with Crippen LogP contribution in [0.4, 0.5) is 11.5 Å². The number of halogens is 4. The van der Waals surface area contributed by atoms with E-state index in [9.17, 15) is 18.3 Å². The molecule has 2 N–H and O–H groups in total. The number of hydrogen-bond donors (Lipinski definition) is 2. The number of rotatable bonds is 7. The molecular formula is C23H25BrCl3N5O4S. The summed E-state index contributed by atoms with van der Waals surface area (Å²) in [6.07, 6.45) is 0.477. The van der Waals surface area contributed by atoms with Crippen LogP contribution in [0.1, 0.15) is 16.8 Å². The highest BCUT2D eigenvalue weighted by atomic mass is 79.9. The molecule has 4 rings (SSSR count). The molecule has 2 heterocycles. The maximum absolute atomic E-state index is 12.7. The molecule has 0 aliphatic carbocycles. The molecule has 37 heavy (non-hydrogen) atoms. The number of carboxylic acid groups (broad SMARTS) is 1. The number of carboxylic acids is 1. The Morgan fingerprint density at radius 1 is 1.05 bits per heavy atom. The Balaban J connectivity index is 0.00000228. The third-order valence-corrected chi connectivity index (χ3v) is 7.56. The van der Waals surface area contributed by atoms with Gasteiger partial charge in [0.15, 0.2) is 0 Å². The van der Waals surface area contributed by atoms with Gasteiger partial charge in [-0.05, 0) is 48.5 Å². The largest absolute Gasteiger partial charge is 0.478 e. The number of nitrogens with one attached hydrogen (secondary N) is 1. The van der Waals surface area contributed by atoms with Crippen molar-refractivity contribution >= 4 is 91.6 Å². The van der Waals surface area contributed by atoms with E-state index in [1.54, 1.807) is 24.3 Å². The molecule has 0 radical (unpaired) electrons. The number of aromatic carboxylic acids is 1. The average molecular weight is 654 g/mol. The number of carbonyl (C=O) groups is 1. The first-order chi connectivity index (χ1) is 16.3. The summed E-state index contributed by atoms with van der Waals surface area (Å²) in [6, 6.07) is 14.6. The quantitative estimate of drug-likeness (QED) is 0.373. The van der Waals surface area contributed by atoms with Crippen LogP contribution in [-0.4, -0.2) is 62.1 Å². The second-order valence-electron chi connectivity index (χ2n) is 7.86. The van der Waals surface area contributed by atoms with Crippen molar-refractivity contribution in [2.24, 2.45) is 0 Å². The molecule has 9 nitrogen and oxygen atoms in total. The van der Waals surface area contributed by atoms with Crippen molar-refractivity contribution in [1.82, 2.24) is 9.88 Å². The maximum Gasteiger partial charge on any atom is 0.336 e. The lowest BCUT2D eigenvalue weighted by molar-refractivity contribution is 0.0699. The Kier molecular flexibility index (Phi) is 12.4. The third-order valence-electron chi connectivity index (χ3n) is 5.64. The van der Waals surface area contributed by atoms with Crippen molar-refractivity contribution in [3.05, 3.63) is 58.6 Å². The van der Waals surface area contributed by atoms with Crippen LogP contribution >= 0.6 is 53.2 Å². The van der Waals surface area contributed by atoms with Crippen LogP contribution in [0.3, 0.4) is 0 Å². The van der Waals surface area contributed by atoms with E-state index in [1.165, 1.54) is 24.3 Å². The molecule has 3 aromatic rings. The summed E-state index contributed by atoms with van der Waals surface area (Å²) < 4.78 is 28.7. The minimum Gasteiger partial charge on any atom is -0.478 e. The molecule has 0 unspecified atom stereocenters. The normalized spacial score (nSPS) is 13.5. The second-order valence-corrected chi connectivity index (χ2v) is 10.5. The zero-order valence-electron chi connectivity index (χ0n) is 19.3. The van der Waals surface area contributed by atoms with Crippen LogP contribution in [0.15, 0.2) is 57.9 Å². The van der Waals surface area contributed by atoms with Crippen LogP contribution in [0, 0.1) is 11.3 Å².